The van der Waals surface area contributed by atoms with Crippen molar-refractivity contribution in [1.29, 1.82) is 0 Å². The van der Waals surface area contributed by atoms with E-state index in [4.69, 9.17) is 5.73 Å². The van der Waals surface area contributed by atoms with Gasteiger partial charge in [-0.1, -0.05) is 6.07 Å². The van der Waals surface area contributed by atoms with E-state index in [0.29, 0.717) is 18.2 Å². The molecule has 1 unspecified atom stereocenters. The molecule has 18 heavy (non-hydrogen) atoms. The van der Waals surface area contributed by atoms with Crippen LogP contribution in [0.5, 0.6) is 0 Å². The minimum atomic E-state index is -0.601. The smallest absolute Gasteiger partial charge is 0.248 e. The van der Waals surface area contributed by atoms with Gasteiger partial charge in [0.2, 0.25) is 5.91 Å². The molecule has 0 bridgehead atoms. The summed E-state index contributed by atoms with van der Waals surface area (Å²) in [7, 11) is 0. The van der Waals surface area contributed by atoms with Gasteiger partial charge in [0.05, 0.1) is 0 Å². The van der Waals surface area contributed by atoms with Gasteiger partial charge in [0, 0.05) is 43.3 Å². The topological polar surface area (TPSA) is 58.4 Å². The Morgan fingerprint density at radius 2 is 2.39 bits per heavy atom. The number of nitrogens with zero attached hydrogens (tertiary/aromatic N) is 1. The van der Waals surface area contributed by atoms with Crippen LogP contribution in [0.15, 0.2) is 18.2 Å². The number of benzene rings is 1. The molecule has 1 aliphatic heterocycles. The Bertz CT molecular complexity index is 450. The highest BCUT2D eigenvalue weighted by Crippen LogP contribution is 2.14. The lowest BCUT2D eigenvalue weighted by atomic mass is 10.1. The second kappa shape index (κ2) is 5.46. The number of carbonyl (C=O) groups excluding carboxylic acids is 1. The molecule has 0 aliphatic carbocycles. The lowest BCUT2D eigenvalue weighted by Crippen LogP contribution is -2.48. The Labute approximate surface area is 106 Å². The molecule has 0 spiro atoms. The molecule has 1 amide bonds. The molecule has 1 heterocycles. The predicted molar refractivity (Wildman–Crippen MR) is 67.7 cm³/mol. The molecule has 2 rings (SSSR count). The number of piperazine rings is 1. The summed E-state index contributed by atoms with van der Waals surface area (Å²) in [4.78, 5) is 13.1. The summed E-state index contributed by atoms with van der Waals surface area (Å²) in [6.07, 6.45) is 0. The number of amides is 1. The van der Waals surface area contributed by atoms with Gasteiger partial charge in [0.1, 0.15) is 5.82 Å². The molecular weight excluding hydrogens is 233 g/mol. The first kappa shape index (κ1) is 13.0. The Morgan fingerprint density at radius 3 is 3.00 bits per heavy atom. The number of nitrogens with two attached hydrogens (primary N) is 1. The lowest BCUT2D eigenvalue weighted by Gasteiger charge is -2.31. The molecule has 0 saturated carbocycles. The third-order valence-electron chi connectivity index (χ3n) is 3.18. The normalized spacial score (nSPS) is 20.9. The van der Waals surface area contributed by atoms with Crippen molar-refractivity contribution in [3.05, 3.63) is 35.1 Å². The predicted octanol–water partition coefficient (Wildman–Crippen LogP) is 0.718. The first-order valence-corrected chi connectivity index (χ1v) is 6.10. The second-order valence-electron chi connectivity index (χ2n) is 4.76. The van der Waals surface area contributed by atoms with Crippen molar-refractivity contribution in [1.82, 2.24) is 10.2 Å². The maximum Gasteiger partial charge on any atom is 0.248 e. The van der Waals surface area contributed by atoms with Crippen LogP contribution in [0.1, 0.15) is 22.8 Å². The van der Waals surface area contributed by atoms with E-state index in [0.717, 1.165) is 19.6 Å². The molecule has 1 aliphatic rings. The van der Waals surface area contributed by atoms with Crippen molar-refractivity contribution in [2.75, 3.05) is 19.6 Å². The highest BCUT2D eigenvalue weighted by atomic mass is 19.1. The van der Waals surface area contributed by atoms with Gasteiger partial charge in [-0.25, -0.2) is 4.39 Å². The summed E-state index contributed by atoms with van der Waals surface area (Å²) < 4.78 is 13.8. The van der Waals surface area contributed by atoms with Crippen molar-refractivity contribution >= 4 is 5.91 Å². The molecule has 1 aromatic carbocycles. The zero-order valence-electron chi connectivity index (χ0n) is 10.4. The summed E-state index contributed by atoms with van der Waals surface area (Å²) in [5.74, 6) is -0.964. The van der Waals surface area contributed by atoms with Crippen LogP contribution in [0, 0.1) is 5.82 Å². The summed E-state index contributed by atoms with van der Waals surface area (Å²) >= 11 is 0. The van der Waals surface area contributed by atoms with Gasteiger partial charge in [0.25, 0.3) is 0 Å². The van der Waals surface area contributed by atoms with E-state index < -0.39 is 5.91 Å². The number of hydrogen-bond donors (Lipinski definition) is 2. The fraction of sp³-hybridized carbons (Fsp3) is 0.462. The largest absolute Gasteiger partial charge is 0.366 e. The van der Waals surface area contributed by atoms with Gasteiger partial charge in [-0.2, -0.15) is 0 Å². The van der Waals surface area contributed by atoms with Crippen molar-refractivity contribution in [3.8, 4) is 0 Å². The Hall–Kier alpha value is -1.46. The number of halogens is 1. The summed E-state index contributed by atoms with van der Waals surface area (Å²) in [5, 5.41) is 3.34. The third kappa shape index (κ3) is 3.05. The molecule has 5 heteroatoms. The molecule has 4 nitrogen and oxygen atoms in total. The van der Waals surface area contributed by atoms with Gasteiger partial charge >= 0.3 is 0 Å². The molecule has 98 valence electrons. The minimum absolute atomic E-state index is 0.213. The summed E-state index contributed by atoms with van der Waals surface area (Å²) in [6, 6.07) is 4.85. The Morgan fingerprint density at radius 1 is 1.61 bits per heavy atom. The number of carbonyl (C=O) groups is 1. The maximum atomic E-state index is 13.8. The molecular formula is C13H18FN3O. The number of nitrogens with one attached hydrogen (secondary N) is 1. The highest BCUT2D eigenvalue weighted by Gasteiger charge is 2.17. The van der Waals surface area contributed by atoms with E-state index in [1.54, 1.807) is 12.1 Å². The van der Waals surface area contributed by atoms with Gasteiger partial charge in [-0.15, -0.1) is 0 Å². The van der Waals surface area contributed by atoms with Gasteiger partial charge < -0.3 is 11.1 Å². The Kier molecular flexibility index (Phi) is 3.93. The van der Waals surface area contributed by atoms with E-state index in [1.807, 2.05) is 0 Å². The van der Waals surface area contributed by atoms with Crippen LogP contribution in [0.3, 0.4) is 0 Å². The molecule has 1 atom stereocenters. The third-order valence-corrected chi connectivity index (χ3v) is 3.18. The van der Waals surface area contributed by atoms with Gasteiger partial charge in [-0.05, 0) is 19.1 Å². The maximum absolute atomic E-state index is 13.8. The van der Waals surface area contributed by atoms with Crippen LogP contribution in [0.25, 0.3) is 0 Å². The molecule has 1 fully saturated rings. The van der Waals surface area contributed by atoms with Crippen molar-refractivity contribution in [3.63, 3.8) is 0 Å². The molecule has 1 saturated heterocycles. The van der Waals surface area contributed by atoms with Crippen LogP contribution < -0.4 is 11.1 Å². The van der Waals surface area contributed by atoms with E-state index in [1.165, 1.54) is 6.07 Å². The lowest BCUT2D eigenvalue weighted by molar-refractivity contribution is 0.1000. The summed E-state index contributed by atoms with van der Waals surface area (Å²) in [6.45, 7) is 5.40. The van der Waals surface area contributed by atoms with Crippen molar-refractivity contribution in [2.45, 2.75) is 19.5 Å². The average Bonchev–Trinajstić information content (AvgIpc) is 2.31. The van der Waals surface area contributed by atoms with E-state index >= 15 is 0 Å². The standard InChI is InChI=1S/C13H18FN3O/c1-9-7-17(5-4-16-9)8-11-3-2-10(13(15)18)6-12(11)14/h2-3,6,9,16H,4-5,7-8H2,1H3,(H2,15,18). The first-order chi connectivity index (χ1) is 8.56. The van der Waals surface area contributed by atoms with Gasteiger partial charge in [-0.3, -0.25) is 9.69 Å². The van der Waals surface area contributed by atoms with Crippen LogP contribution in [0.2, 0.25) is 0 Å². The monoisotopic (exact) mass is 251 g/mol. The van der Waals surface area contributed by atoms with Crippen LogP contribution in [0.4, 0.5) is 4.39 Å². The average molecular weight is 251 g/mol. The number of primary amides is 1. The second-order valence-corrected chi connectivity index (χ2v) is 4.76. The van der Waals surface area contributed by atoms with E-state index in [-0.39, 0.29) is 11.4 Å². The van der Waals surface area contributed by atoms with Gasteiger partial charge in [0.15, 0.2) is 0 Å². The number of hydrogen-bond acceptors (Lipinski definition) is 3. The minimum Gasteiger partial charge on any atom is -0.366 e. The first-order valence-electron chi connectivity index (χ1n) is 6.10. The van der Waals surface area contributed by atoms with Crippen molar-refractivity contribution in [2.24, 2.45) is 5.73 Å². The van der Waals surface area contributed by atoms with E-state index in [2.05, 4.69) is 17.1 Å². The quantitative estimate of drug-likeness (QED) is 0.832. The SMILES string of the molecule is CC1CN(Cc2ccc(C(N)=O)cc2F)CCN1. The molecule has 1 aromatic rings. The zero-order chi connectivity index (χ0) is 13.1. The van der Waals surface area contributed by atoms with E-state index in [9.17, 15) is 9.18 Å². The number of rotatable bonds is 3. The highest BCUT2D eigenvalue weighted by molar-refractivity contribution is 5.92. The summed E-state index contributed by atoms with van der Waals surface area (Å²) in [5.41, 5.74) is 5.93. The zero-order valence-corrected chi connectivity index (χ0v) is 10.4. The Balaban J connectivity index is 2.07. The molecule has 0 radical (unpaired) electrons. The molecule has 0 aromatic heterocycles. The van der Waals surface area contributed by atoms with Crippen LogP contribution >= 0.6 is 0 Å². The van der Waals surface area contributed by atoms with Crippen LogP contribution in [-0.4, -0.2) is 36.5 Å². The fourth-order valence-electron chi connectivity index (χ4n) is 2.23. The van der Waals surface area contributed by atoms with Crippen LogP contribution in [-0.2, 0) is 6.54 Å². The molecule has 3 N–H and O–H groups in total. The van der Waals surface area contributed by atoms with Crippen molar-refractivity contribution < 1.29 is 9.18 Å². The fourth-order valence-corrected chi connectivity index (χ4v) is 2.23.